The van der Waals surface area contributed by atoms with Crippen molar-refractivity contribution in [3.8, 4) is 0 Å². The quantitative estimate of drug-likeness (QED) is 0.411. The van der Waals surface area contributed by atoms with Crippen molar-refractivity contribution in [2.75, 3.05) is 13.1 Å². The number of hydrogen-bond donors (Lipinski definition) is 1. The molecule has 2 aromatic carbocycles. The van der Waals surface area contributed by atoms with E-state index in [9.17, 15) is 0 Å². The third-order valence-corrected chi connectivity index (χ3v) is 7.67. The van der Waals surface area contributed by atoms with Gasteiger partial charge in [-0.1, -0.05) is 84.8 Å². The number of hydrogen-bond acceptors (Lipinski definition) is 1. The maximum Gasteiger partial charge on any atom is 0.0136 e. The van der Waals surface area contributed by atoms with Crippen LogP contribution in [0.15, 0.2) is 77.9 Å². The zero-order valence-corrected chi connectivity index (χ0v) is 20.4. The first kappa shape index (κ1) is 22.8. The monoisotopic (exact) mass is 425 g/mol. The smallest absolute Gasteiger partial charge is 0.0136 e. The van der Waals surface area contributed by atoms with Gasteiger partial charge < -0.3 is 5.32 Å². The van der Waals surface area contributed by atoms with Crippen molar-refractivity contribution in [2.24, 2.45) is 11.3 Å². The van der Waals surface area contributed by atoms with Crippen molar-refractivity contribution in [1.29, 1.82) is 0 Å². The van der Waals surface area contributed by atoms with Crippen LogP contribution in [0.3, 0.4) is 0 Å². The molecule has 1 heteroatoms. The zero-order chi connectivity index (χ0) is 22.6. The first-order chi connectivity index (χ1) is 15.5. The van der Waals surface area contributed by atoms with E-state index in [1.54, 1.807) is 5.57 Å². The van der Waals surface area contributed by atoms with Gasteiger partial charge in [-0.2, -0.15) is 0 Å². The Hall–Kier alpha value is -2.38. The van der Waals surface area contributed by atoms with Gasteiger partial charge in [0.05, 0.1) is 0 Å². The molecule has 0 heterocycles. The second-order valence-electron chi connectivity index (χ2n) is 10.1. The third kappa shape index (κ3) is 5.33. The first-order valence-corrected chi connectivity index (χ1v) is 12.4. The lowest BCUT2D eigenvalue weighted by atomic mass is 9.67. The van der Waals surface area contributed by atoms with Crippen molar-refractivity contribution in [3.63, 3.8) is 0 Å². The van der Waals surface area contributed by atoms with E-state index in [0.29, 0.717) is 0 Å². The lowest BCUT2D eigenvalue weighted by Crippen LogP contribution is -2.24. The third-order valence-electron chi connectivity index (χ3n) is 7.67. The average Bonchev–Trinajstić information content (AvgIpc) is 3.62. The van der Waals surface area contributed by atoms with Crippen LogP contribution in [0.1, 0.15) is 62.3 Å². The van der Waals surface area contributed by atoms with Crippen LogP contribution in [0.4, 0.5) is 0 Å². The summed E-state index contributed by atoms with van der Waals surface area (Å²) < 4.78 is 0. The number of nitrogens with one attached hydrogen (secondary N) is 1. The van der Waals surface area contributed by atoms with Gasteiger partial charge in [0.25, 0.3) is 0 Å². The molecule has 1 unspecified atom stereocenters. The largest absolute Gasteiger partial charge is 0.316 e. The number of benzene rings is 2. The minimum atomic E-state index is 0.0620. The highest BCUT2D eigenvalue weighted by molar-refractivity contribution is 5.72. The number of aryl methyl sites for hydroxylation is 1. The minimum Gasteiger partial charge on any atom is -0.316 e. The average molecular weight is 426 g/mol. The van der Waals surface area contributed by atoms with Crippen LogP contribution in [0, 0.1) is 18.3 Å². The number of rotatable bonds is 9. The van der Waals surface area contributed by atoms with Gasteiger partial charge in [0.1, 0.15) is 0 Å². The van der Waals surface area contributed by atoms with E-state index in [1.165, 1.54) is 52.8 Å². The van der Waals surface area contributed by atoms with Crippen molar-refractivity contribution in [2.45, 2.75) is 59.8 Å². The molecule has 1 atom stereocenters. The summed E-state index contributed by atoms with van der Waals surface area (Å²) in [4.78, 5) is 0. The molecule has 0 saturated heterocycles. The molecular weight excluding hydrogens is 386 g/mol. The summed E-state index contributed by atoms with van der Waals surface area (Å²) in [6.07, 6.45) is 12.9. The molecule has 1 N–H and O–H groups in total. The standard InChI is InChI=1S/C31H39N/c1-23-9-5-6-11-29(23)25(3)30(31(4)19-8-7-10-24(31)2)21-27-14-12-26(13-15-27)18-20-32-22-28-16-17-28/h5-15,28,32H,16-22H2,1-4H3/b30-25+. The summed E-state index contributed by atoms with van der Waals surface area (Å²) in [7, 11) is 0. The van der Waals surface area contributed by atoms with Gasteiger partial charge in [0.15, 0.2) is 0 Å². The Morgan fingerprint density at radius 1 is 1.00 bits per heavy atom. The van der Waals surface area contributed by atoms with Gasteiger partial charge in [0.2, 0.25) is 0 Å². The summed E-state index contributed by atoms with van der Waals surface area (Å²) in [6, 6.07) is 18.2. The van der Waals surface area contributed by atoms with E-state index in [0.717, 1.165) is 31.7 Å². The van der Waals surface area contributed by atoms with Crippen LogP contribution in [-0.2, 0) is 12.8 Å². The molecule has 2 aliphatic rings. The van der Waals surface area contributed by atoms with E-state index >= 15 is 0 Å². The molecule has 0 aliphatic heterocycles. The van der Waals surface area contributed by atoms with E-state index in [1.807, 2.05) is 0 Å². The molecule has 1 nitrogen and oxygen atoms in total. The molecule has 4 rings (SSSR count). The second kappa shape index (κ2) is 10.0. The lowest BCUT2D eigenvalue weighted by Gasteiger charge is -2.37. The Balaban J connectivity index is 1.57. The molecule has 168 valence electrons. The van der Waals surface area contributed by atoms with Crippen molar-refractivity contribution in [1.82, 2.24) is 5.32 Å². The molecule has 0 bridgehead atoms. The summed E-state index contributed by atoms with van der Waals surface area (Å²) in [6.45, 7) is 11.6. The van der Waals surface area contributed by atoms with E-state index < -0.39 is 0 Å². The predicted octanol–water partition coefficient (Wildman–Crippen LogP) is 7.47. The lowest BCUT2D eigenvalue weighted by molar-refractivity contribution is 0.471. The van der Waals surface area contributed by atoms with Crippen LogP contribution in [0.25, 0.3) is 5.57 Å². The Morgan fingerprint density at radius 2 is 1.72 bits per heavy atom. The second-order valence-corrected chi connectivity index (χ2v) is 10.1. The van der Waals surface area contributed by atoms with Crippen LogP contribution >= 0.6 is 0 Å². The van der Waals surface area contributed by atoms with E-state index in [4.69, 9.17) is 0 Å². The zero-order valence-electron chi connectivity index (χ0n) is 20.4. The highest BCUT2D eigenvalue weighted by Crippen LogP contribution is 2.46. The van der Waals surface area contributed by atoms with Gasteiger partial charge in [0, 0.05) is 5.41 Å². The number of allylic oxidation sites excluding steroid dienone is 6. The highest BCUT2D eigenvalue weighted by atomic mass is 14.9. The normalized spacial score (nSPS) is 21.3. The Kier molecular flexibility index (Phi) is 7.16. The fraction of sp³-hybridized carbons (Fsp3) is 0.419. The molecule has 2 aliphatic carbocycles. The fourth-order valence-electron chi connectivity index (χ4n) is 5.01. The molecule has 1 fully saturated rings. The maximum atomic E-state index is 3.61. The SMILES string of the molecule is CC1=CC=CCC1(C)/C(Cc1ccc(CCNCC2CC2)cc1)=C(\C)c1ccccc1C. The van der Waals surface area contributed by atoms with Crippen molar-refractivity contribution >= 4 is 5.57 Å². The Labute approximate surface area is 195 Å². The molecular formula is C31H39N. The summed E-state index contributed by atoms with van der Waals surface area (Å²) in [5.41, 5.74) is 10.1. The van der Waals surface area contributed by atoms with Crippen LogP contribution in [-0.4, -0.2) is 13.1 Å². The van der Waals surface area contributed by atoms with Gasteiger partial charge in [-0.3, -0.25) is 0 Å². The maximum absolute atomic E-state index is 3.61. The molecule has 0 radical (unpaired) electrons. The molecule has 0 amide bonds. The van der Waals surface area contributed by atoms with Crippen LogP contribution < -0.4 is 5.32 Å². The van der Waals surface area contributed by atoms with Crippen molar-refractivity contribution in [3.05, 3.63) is 100 Å². The predicted molar refractivity (Wildman–Crippen MR) is 139 cm³/mol. The van der Waals surface area contributed by atoms with Crippen molar-refractivity contribution < 1.29 is 0 Å². The van der Waals surface area contributed by atoms with Gasteiger partial charge in [-0.25, -0.2) is 0 Å². The highest BCUT2D eigenvalue weighted by Gasteiger charge is 2.32. The van der Waals surface area contributed by atoms with Gasteiger partial charge in [-0.05, 0) is 99.7 Å². The van der Waals surface area contributed by atoms with Crippen LogP contribution in [0.2, 0.25) is 0 Å². The first-order valence-electron chi connectivity index (χ1n) is 12.4. The molecule has 0 aromatic heterocycles. The Bertz CT molecular complexity index is 1020. The van der Waals surface area contributed by atoms with E-state index in [2.05, 4.69) is 99.8 Å². The summed E-state index contributed by atoms with van der Waals surface area (Å²) in [5.74, 6) is 0.951. The Morgan fingerprint density at radius 3 is 2.41 bits per heavy atom. The topological polar surface area (TPSA) is 12.0 Å². The fourth-order valence-corrected chi connectivity index (χ4v) is 5.01. The van der Waals surface area contributed by atoms with Gasteiger partial charge >= 0.3 is 0 Å². The van der Waals surface area contributed by atoms with Gasteiger partial charge in [-0.15, -0.1) is 0 Å². The summed E-state index contributed by atoms with van der Waals surface area (Å²) in [5, 5.41) is 3.61. The molecule has 0 spiro atoms. The minimum absolute atomic E-state index is 0.0620. The van der Waals surface area contributed by atoms with E-state index in [-0.39, 0.29) is 5.41 Å². The van der Waals surface area contributed by atoms with Crippen LogP contribution in [0.5, 0.6) is 0 Å². The molecule has 32 heavy (non-hydrogen) atoms. The molecule has 1 saturated carbocycles. The summed E-state index contributed by atoms with van der Waals surface area (Å²) >= 11 is 0. The molecule has 2 aromatic rings.